The molecule has 0 radical (unpaired) electrons. The third kappa shape index (κ3) is 2.45. The Hall–Kier alpha value is -2.71. The van der Waals surface area contributed by atoms with Gasteiger partial charge in [-0.25, -0.2) is 4.79 Å². The highest BCUT2D eigenvalue weighted by atomic mass is 32.2. The van der Waals surface area contributed by atoms with Crippen molar-refractivity contribution in [1.82, 2.24) is 0 Å². The van der Waals surface area contributed by atoms with Crippen LogP contribution in [0.25, 0.3) is 21.9 Å². The van der Waals surface area contributed by atoms with Crippen LogP contribution in [0.2, 0.25) is 0 Å². The lowest BCUT2D eigenvalue weighted by Crippen LogP contribution is -2.10. The molecule has 0 aliphatic heterocycles. The summed E-state index contributed by atoms with van der Waals surface area (Å²) in [6.45, 7) is 1.73. The number of aryl methyl sites for hydroxylation is 1. The van der Waals surface area contributed by atoms with Crippen LogP contribution >= 0.6 is 0 Å². The van der Waals surface area contributed by atoms with E-state index < -0.39 is 26.4 Å². The van der Waals surface area contributed by atoms with Gasteiger partial charge in [-0.2, -0.15) is 8.42 Å². The molecule has 0 saturated heterocycles. The molecule has 0 spiro atoms. The van der Waals surface area contributed by atoms with Gasteiger partial charge in [0.05, 0.1) is 21.2 Å². The van der Waals surface area contributed by atoms with Crippen LogP contribution < -0.4 is 5.43 Å². The van der Waals surface area contributed by atoms with Crippen molar-refractivity contribution >= 4 is 38.0 Å². The van der Waals surface area contributed by atoms with Crippen molar-refractivity contribution in [2.75, 3.05) is 0 Å². The predicted octanol–water partition coefficient (Wildman–Crippen LogP) is 2.45. The molecule has 1 heterocycles. The molecule has 24 heavy (non-hydrogen) atoms. The minimum atomic E-state index is -4.43. The first-order chi connectivity index (χ1) is 11.2. The van der Waals surface area contributed by atoms with E-state index >= 15 is 0 Å². The van der Waals surface area contributed by atoms with Crippen molar-refractivity contribution in [1.29, 1.82) is 0 Å². The van der Waals surface area contributed by atoms with Crippen molar-refractivity contribution < 1.29 is 27.3 Å². The second kappa shape index (κ2) is 5.43. The molecule has 3 rings (SSSR count). The first-order valence-electron chi connectivity index (χ1n) is 6.97. The van der Waals surface area contributed by atoms with E-state index in [9.17, 15) is 23.1 Å². The zero-order valence-corrected chi connectivity index (χ0v) is 13.3. The number of carbonyl (C=O) groups is 1. The van der Waals surface area contributed by atoms with Gasteiger partial charge in [0.25, 0.3) is 10.1 Å². The molecule has 7 nitrogen and oxygen atoms in total. The average molecular weight is 348 g/mol. The highest BCUT2D eigenvalue weighted by molar-refractivity contribution is 7.85. The van der Waals surface area contributed by atoms with Crippen LogP contribution in [0.1, 0.15) is 22.8 Å². The summed E-state index contributed by atoms with van der Waals surface area (Å²) in [5.74, 6) is -1.14. The molecule has 0 atom stereocenters. The predicted molar refractivity (Wildman–Crippen MR) is 86.1 cm³/mol. The van der Waals surface area contributed by atoms with Crippen molar-refractivity contribution in [3.8, 4) is 0 Å². The van der Waals surface area contributed by atoms with Crippen LogP contribution in [0.3, 0.4) is 0 Å². The number of aromatic carboxylic acids is 1. The Morgan fingerprint density at radius 2 is 1.88 bits per heavy atom. The molecule has 0 aliphatic carbocycles. The molecule has 124 valence electrons. The van der Waals surface area contributed by atoms with E-state index in [1.807, 2.05) is 0 Å². The fourth-order valence-electron chi connectivity index (χ4n) is 2.72. The Balaban J connectivity index is 2.48. The first-order valence-corrected chi connectivity index (χ1v) is 8.41. The van der Waals surface area contributed by atoms with E-state index in [1.54, 1.807) is 6.92 Å². The molecular formula is C16H12O7S. The van der Waals surface area contributed by atoms with Crippen LogP contribution in [-0.4, -0.2) is 24.0 Å². The summed E-state index contributed by atoms with van der Waals surface area (Å²) in [6.07, 6.45) is 0.318. The lowest BCUT2D eigenvalue weighted by molar-refractivity contribution is 0.0696. The maximum absolute atomic E-state index is 12.7. The molecule has 0 amide bonds. The van der Waals surface area contributed by atoms with Gasteiger partial charge in [-0.3, -0.25) is 9.35 Å². The summed E-state index contributed by atoms with van der Waals surface area (Å²) in [7, 11) is -4.43. The number of fused-ring (bicyclic) bond motifs is 2. The quantitative estimate of drug-likeness (QED) is 0.550. The third-order valence-electron chi connectivity index (χ3n) is 3.80. The number of carboxylic acid groups (broad SMARTS) is 1. The van der Waals surface area contributed by atoms with E-state index in [4.69, 9.17) is 8.97 Å². The van der Waals surface area contributed by atoms with Gasteiger partial charge in [-0.1, -0.05) is 6.92 Å². The van der Waals surface area contributed by atoms with Gasteiger partial charge < -0.3 is 9.52 Å². The number of hydrogen-bond acceptors (Lipinski definition) is 5. The lowest BCUT2D eigenvalue weighted by atomic mass is 9.99. The van der Waals surface area contributed by atoms with Gasteiger partial charge in [0.1, 0.15) is 11.2 Å². The van der Waals surface area contributed by atoms with Crippen molar-refractivity contribution in [2.24, 2.45) is 0 Å². The fraction of sp³-hybridized carbons (Fsp3) is 0.125. The minimum absolute atomic E-state index is 0.00671. The SMILES string of the molecule is CCc1c(C(=O)O)ccc2oc3cc(S(=O)(=O)O)ccc3c(=O)c12. The van der Waals surface area contributed by atoms with E-state index in [1.165, 1.54) is 18.2 Å². The molecule has 8 heteroatoms. The Morgan fingerprint density at radius 1 is 1.17 bits per heavy atom. The van der Waals surface area contributed by atoms with Gasteiger partial charge in [0.2, 0.25) is 5.43 Å². The summed E-state index contributed by atoms with van der Waals surface area (Å²) in [4.78, 5) is 23.7. The normalized spacial score (nSPS) is 11.9. The summed E-state index contributed by atoms with van der Waals surface area (Å²) in [5.41, 5.74) is 0.0726. The maximum atomic E-state index is 12.7. The van der Waals surface area contributed by atoms with Crippen LogP contribution in [0.15, 0.2) is 44.4 Å². The Labute approximate surface area is 135 Å². The van der Waals surface area contributed by atoms with Gasteiger partial charge in [-0.15, -0.1) is 0 Å². The zero-order valence-electron chi connectivity index (χ0n) is 12.4. The molecule has 0 saturated carbocycles. The summed E-state index contributed by atoms with van der Waals surface area (Å²) in [6, 6.07) is 6.08. The van der Waals surface area contributed by atoms with Crippen LogP contribution in [0.5, 0.6) is 0 Å². The fourth-order valence-corrected chi connectivity index (χ4v) is 3.21. The molecule has 0 aliphatic rings. The molecule has 3 aromatic rings. The average Bonchev–Trinajstić information content (AvgIpc) is 2.52. The van der Waals surface area contributed by atoms with Gasteiger partial charge in [-0.05, 0) is 36.2 Å². The number of carboxylic acids is 1. The molecule has 1 aromatic heterocycles. The minimum Gasteiger partial charge on any atom is -0.478 e. The van der Waals surface area contributed by atoms with Gasteiger partial charge in [0.15, 0.2) is 0 Å². The second-order valence-electron chi connectivity index (χ2n) is 5.19. The van der Waals surface area contributed by atoms with Crippen molar-refractivity contribution in [3.05, 3.63) is 51.7 Å². The van der Waals surface area contributed by atoms with E-state index in [0.29, 0.717) is 12.0 Å². The number of rotatable bonds is 3. The highest BCUT2D eigenvalue weighted by Crippen LogP contribution is 2.26. The lowest BCUT2D eigenvalue weighted by Gasteiger charge is -2.09. The standard InChI is InChI=1S/C16H12O7S/c1-2-9-10(16(18)19)5-6-12-14(9)15(17)11-4-3-8(24(20,21)22)7-13(11)23-12/h3-7H,2H2,1H3,(H,18,19)(H,20,21,22). The Bertz CT molecular complexity index is 1160. The maximum Gasteiger partial charge on any atom is 0.335 e. The van der Waals surface area contributed by atoms with Crippen molar-refractivity contribution in [2.45, 2.75) is 18.2 Å². The zero-order chi connectivity index (χ0) is 17.6. The van der Waals surface area contributed by atoms with Crippen molar-refractivity contribution in [3.63, 3.8) is 0 Å². The highest BCUT2D eigenvalue weighted by Gasteiger charge is 2.19. The van der Waals surface area contributed by atoms with Crippen LogP contribution in [0, 0.1) is 0 Å². The summed E-state index contributed by atoms with van der Waals surface area (Å²) < 4.78 is 37.1. The largest absolute Gasteiger partial charge is 0.478 e. The van der Waals surface area contributed by atoms with E-state index in [2.05, 4.69) is 0 Å². The summed E-state index contributed by atoms with van der Waals surface area (Å²) in [5, 5.41) is 9.52. The van der Waals surface area contributed by atoms with Crippen LogP contribution in [-0.2, 0) is 16.5 Å². The van der Waals surface area contributed by atoms with Crippen LogP contribution in [0.4, 0.5) is 0 Å². The topological polar surface area (TPSA) is 122 Å². The molecule has 0 fully saturated rings. The second-order valence-corrected chi connectivity index (χ2v) is 6.61. The Morgan fingerprint density at radius 3 is 2.46 bits per heavy atom. The monoisotopic (exact) mass is 348 g/mol. The molecule has 0 unspecified atom stereocenters. The first kappa shape index (κ1) is 16.2. The van der Waals surface area contributed by atoms with E-state index in [0.717, 1.165) is 12.1 Å². The molecule has 0 bridgehead atoms. The van der Waals surface area contributed by atoms with E-state index in [-0.39, 0.29) is 27.5 Å². The molecule has 2 N–H and O–H groups in total. The smallest absolute Gasteiger partial charge is 0.335 e. The van der Waals surface area contributed by atoms with Gasteiger partial charge >= 0.3 is 5.97 Å². The molecule has 2 aromatic carbocycles. The van der Waals surface area contributed by atoms with Gasteiger partial charge in [0, 0.05) is 6.07 Å². The number of hydrogen-bond donors (Lipinski definition) is 2. The summed E-state index contributed by atoms with van der Waals surface area (Å²) >= 11 is 0. The third-order valence-corrected chi connectivity index (χ3v) is 4.65. The Kier molecular flexibility index (Phi) is 3.66. The number of benzene rings is 2. The molecular weight excluding hydrogens is 336 g/mol.